The van der Waals surface area contributed by atoms with E-state index in [9.17, 15) is 4.79 Å². The minimum Gasteiger partial charge on any atom is -0.492 e. The van der Waals surface area contributed by atoms with Gasteiger partial charge in [0.15, 0.2) is 0 Å². The molecule has 1 aromatic heterocycles. The molecule has 5 nitrogen and oxygen atoms in total. The first-order valence-electron chi connectivity index (χ1n) is 9.22. The van der Waals surface area contributed by atoms with E-state index in [1.807, 2.05) is 30.3 Å². The van der Waals surface area contributed by atoms with Gasteiger partial charge in [0.25, 0.3) is 0 Å². The minimum absolute atomic E-state index is 0.109. The number of rotatable bonds is 8. The number of hydrogen-bond acceptors (Lipinski definition) is 4. The number of nitrogens with zero attached hydrogens (tertiary/aromatic N) is 1. The van der Waals surface area contributed by atoms with Crippen LogP contribution in [0.1, 0.15) is 18.4 Å². The highest BCUT2D eigenvalue weighted by Gasteiger charge is 2.19. The van der Waals surface area contributed by atoms with Crippen LogP contribution in [0.5, 0.6) is 5.75 Å². The van der Waals surface area contributed by atoms with E-state index < -0.39 is 0 Å². The Morgan fingerprint density at radius 3 is 2.69 bits per heavy atom. The number of ether oxygens (including phenoxy) is 1. The number of urea groups is 1. The topological polar surface area (TPSA) is 53.6 Å². The molecule has 140 valence electrons. The van der Waals surface area contributed by atoms with Crippen LogP contribution >= 0.6 is 11.3 Å². The second-order valence-corrected chi connectivity index (χ2v) is 7.43. The molecule has 3 rings (SSSR count). The third kappa shape index (κ3) is 6.35. The number of thiophene rings is 1. The van der Waals surface area contributed by atoms with E-state index in [1.165, 1.54) is 5.56 Å². The highest BCUT2D eigenvalue weighted by molar-refractivity contribution is 7.07. The lowest BCUT2D eigenvalue weighted by Crippen LogP contribution is -2.42. The normalized spacial score (nSPS) is 15.5. The maximum atomic E-state index is 11.9. The van der Waals surface area contributed by atoms with Crippen LogP contribution in [0.2, 0.25) is 0 Å². The van der Waals surface area contributed by atoms with E-state index in [2.05, 4.69) is 32.4 Å². The molecule has 0 saturated carbocycles. The number of carbonyl (C=O) groups is 1. The number of piperidine rings is 1. The summed E-state index contributed by atoms with van der Waals surface area (Å²) >= 11 is 1.76. The minimum atomic E-state index is -0.109. The predicted molar refractivity (Wildman–Crippen MR) is 106 cm³/mol. The number of para-hydroxylation sites is 1. The van der Waals surface area contributed by atoms with Crippen molar-refractivity contribution in [1.82, 2.24) is 15.5 Å². The summed E-state index contributed by atoms with van der Waals surface area (Å²) in [6, 6.07) is 11.7. The molecule has 6 heteroatoms. The summed E-state index contributed by atoms with van der Waals surface area (Å²) in [6.07, 6.45) is 2.28. The number of carbonyl (C=O) groups excluding carboxylic acids is 1. The monoisotopic (exact) mass is 373 g/mol. The quantitative estimate of drug-likeness (QED) is 0.698. The fourth-order valence-electron chi connectivity index (χ4n) is 3.14. The van der Waals surface area contributed by atoms with E-state index in [4.69, 9.17) is 4.74 Å². The molecule has 1 aliphatic rings. The fraction of sp³-hybridized carbons (Fsp3) is 0.450. The van der Waals surface area contributed by atoms with E-state index in [-0.39, 0.29) is 6.03 Å². The summed E-state index contributed by atoms with van der Waals surface area (Å²) in [5, 5.41) is 10.2. The van der Waals surface area contributed by atoms with Crippen LogP contribution in [0, 0.1) is 5.92 Å². The average molecular weight is 374 g/mol. The van der Waals surface area contributed by atoms with Crippen LogP contribution in [0.4, 0.5) is 4.79 Å². The van der Waals surface area contributed by atoms with Crippen LogP contribution in [-0.4, -0.2) is 43.7 Å². The van der Waals surface area contributed by atoms with Crippen molar-refractivity contribution in [3.63, 3.8) is 0 Å². The van der Waals surface area contributed by atoms with Crippen molar-refractivity contribution in [2.45, 2.75) is 19.4 Å². The van der Waals surface area contributed by atoms with Crippen LogP contribution < -0.4 is 15.4 Å². The smallest absolute Gasteiger partial charge is 0.314 e. The Morgan fingerprint density at radius 1 is 1.15 bits per heavy atom. The molecule has 1 aliphatic heterocycles. The molecule has 2 amide bonds. The molecular weight excluding hydrogens is 346 g/mol. The Morgan fingerprint density at radius 2 is 1.96 bits per heavy atom. The molecule has 1 fully saturated rings. The van der Waals surface area contributed by atoms with Crippen LogP contribution in [0.3, 0.4) is 0 Å². The van der Waals surface area contributed by atoms with Gasteiger partial charge in [0.1, 0.15) is 12.4 Å². The van der Waals surface area contributed by atoms with Crippen molar-refractivity contribution in [2.75, 3.05) is 32.8 Å². The van der Waals surface area contributed by atoms with Crippen molar-refractivity contribution in [1.29, 1.82) is 0 Å². The molecule has 0 bridgehead atoms. The molecule has 0 spiro atoms. The van der Waals surface area contributed by atoms with Gasteiger partial charge in [-0.3, -0.25) is 4.90 Å². The van der Waals surface area contributed by atoms with Gasteiger partial charge in [0, 0.05) is 13.1 Å². The van der Waals surface area contributed by atoms with Crippen LogP contribution in [0.25, 0.3) is 0 Å². The Labute approximate surface area is 159 Å². The molecule has 1 aromatic carbocycles. The van der Waals surface area contributed by atoms with Gasteiger partial charge in [-0.25, -0.2) is 4.79 Å². The summed E-state index contributed by atoms with van der Waals surface area (Å²) in [5.41, 5.74) is 1.41. The Kier molecular flexibility index (Phi) is 7.34. The molecule has 2 aromatic rings. The molecule has 0 atom stereocenters. The second kappa shape index (κ2) is 10.2. The van der Waals surface area contributed by atoms with Gasteiger partial charge in [-0.1, -0.05) is 18.2 Å². The van der Waals surface area contributed by atoms with Gasteiger partial charge in [0.05, 0.1) is 6.54 Å². The SMILES string of the molecule is O=C(NCCOc1ccccc1)NCC1CCN(Cc2ccsc2)CC1. The first-order valence-corrected chi connectivity index (χ1v) is 10.2. The molecule has 0 aliphatic carbocycles. The fourth-order valence-corrected chi connectivity index (χ4v) is 3.80. The number of hydrogen-bond donors (Lipinski definition) is 2. The summed E-state index contributed by atoms with van der Waals surface area (Å²) in [4.78, 5) is 14.4. The van der Waals surface area contributed by atoms with E-state index in [0.29, 0.717) is 19.1 Å². The summed E-state index contributed by atoms with van der Waals surface area (Å²) in [6.45, 7) is 4.98. The molecule has 0 unspecified atom stereocenters. The maximum Gasteiger partial charge on any atom is 0.314 e. The van der Waals surface area contributed by atoms with Gasteiger partial charge >= 0.3 is 6.03 Å². The van der Waals surface area contributed by atoms with E-state index >= 15 is 0 Å². The third-order valence-corrected chi connectivity index (χ3v) is 5.38. The lowest BCUT2D eigenvalue weighted by atomic mass is 9.96. The predicted octanol–water partition coefficient (Wildman–Crippen LogP) is 3.34. The standard InChI is InChI=1S/C20H27N3O2S/c24-20(21-9-12-25-19-4-2-1-3-5-19)22-14-17-6-10-23(11-7-17)15-18-8-13-26-16-18/h1-5,8,13,16-17H,6-7,9-12,14-15H2,(H2,21,22,24). The number of amides is 2. The number of likely N-dealkylation sites (tertiary alicyclic amines) is 1. The number of benzene rings is 1. The molecule has 1 saturated heterocycles. The molecular formula is C20H27N3O2S. The molecule has 2 N–H and O–H groups in total. The highest BCUT2D eigenvalue weighted by Crippen LogP contribution is 2.19. The first-order chi connectivity index (χ1) is 12.8. The maximum absolute atomic E-state index is 11.9. The lowest BCUT2D eigenvalue weighted by molar-refractivity contribution is 0.175. The van der Waals surface area contributed by atoms with Crippen molar-refractivity contribution >= 4 is 17.4 Å². The van der Waals surface area contributed by atoms with E-state index in [1.54, 1.807) is 11.3 Å². The van der Waals surface area contributed by atoms with Crippen molar-refractivity contribution in [3.05, 3.63) is 52.7 Å². The number of nitrogens with one attached hydrogen (secondary N) is 2. The third-order valence-electron chi connectivity index (χ3n) is 4.64. The lowest BCUT2D eigenvalue weighted by Gasteiger charge is -2.31. The van der Waals surface area contributed by atoms with Gasteiger partial charge in [0.2, 0.25) is 0 Å². The van der Waals surface area contributed by atoms with Crippen LogP contribution in [0.15, 0.2) is 47.2 Å². The Bertz CT molecular complexity index is 640. The van der Waals surface area contributed by atoms with Crippen LogP contribution in [-0.2, 0) is 6.54 Å². The summed E-state index contributed by atoms with van der Waals surface area (Å²) in [7, 11) is 0. The first kappa shape index (κ1) is 18.7. The molecule has 26 heavy (non-hydrogen) atoms. The zero-order valence-corrected chi connectivity index (χ0v) is 15.8. The zero-order chi connectivity index (χ0) is 18.0. The summed E-state index contributed by atoms with van der Waals surface area (Å²) in [5.74, 6) is 1.39. The average Bonchev–Trinajstić information content (AvgIpc) is 3.19. The van der Waals surface area contributed by atoms with Crippen molar-refractivity contribution in [3.8, 4) is 5.75 Å². The van der Waals surface area contributed by atoms with E-state index in [0.717, 1.165) is 44.8 Å². The molecule has 0 radical (unpaired) electrons. The van der Waals surface area contributed by atoms with Gasteiger partial charge in [-0.15, -0.1) is 0 Å². The Balaban J connectivity index is 1.23. The van der Waals surface area contributed by atoms with Crippen molar-refractivity contribution < 1.29 is 9.53 Å². The Hall–Kier alpha value is -2.05. The second-order valence-electron chi connectivity index (χ2n) is 6.65. The molecule has 2 heterocycles. The van der Waals surface area contributed by atoms with Gasteiger partial charge in [-0.2, -0.15) is 11.3 Å². The van der Waals surface area contributed by atoms with Gasteiger partial charge < -0.3 is 15.4 Å². The summed E-state index contributed by atoms with van der Waals surface area (Å²) < 4.78 is 5.56. The zero-order valence-electron chi connectivity index (χ0n) is 15.0. The van der Waals surface area contributed by atoms with Crippen molar-refractivity contribution in [2.24, 2.45) is 5.92 Å². The highest BCUT2D eigenvalue weighted by atomic mass is 32.1. The largest absolute Gasteiger partial charge is 0.492 e. The van der Waals surface area contributed by atoms with Gasteiger partial charge in [-0.05, 0) is 66.4 Å².